The number of hydrogen-bond acceptors (Lipinski definition) is 7. The zero-order chi connectivity index (χ0) is 22.3. The van der Waals surface area contributed by atoms with E-state index in [1.807, 2.05) is 0 Å². The molecule has 0 unspecified atom stereocenters. The van der Waals surface area contributed by atoms with Gasteiger partial charge in [-0.25, -0.2) is 4.98 Å². The van der Waals surface area contributed by atoms with Crippen LogP contribution in [0.1, 0.15) is 39.3 Å². The van der Waals surface area contributed by atoms with E-state index in [0.29, 0.717) is 43.4 Å². The highest BCUT2D eigenvalue weighted by Crippen LogP contribution is 2.19. The number of nitrogens with zero attached hydrogens (tertiary/aromatic N) is 3. The van der Waals surface area contributed by atoms with E-state index in [1.165, 1.54) is 16.2 Å². The van der Waals surface area contributed by atoms with E-state index >= 15 is 0 Å². The third-order valence-electron chi connectivity index (χ3n) is 4.90. The molecule has 1 aromatic rings. The Labute approximate surface area is 180 Å². The summed E-state index contributed by atoms with van der Waals surface area (Å²) in [4.78, 5) is 55.8. The van der Waals surface area contributed by atoms with Gasteiger partial charge in [-0.3, -0.25) is 19.2 Å². The van der Waals surface area contributed by atoms with Gasteiger partial charge in [-0.2, -0.15) is 0 Å². The van der Waals surface area contributed by atoms with E-state index in [9.17, 15) is 19.2 Å². The van der Waals surface area contributed by atoms with Gasteiger partial charge in [-0.1, -0.05) is 13.8 Å². The summed E-state index contributed by atoms with van der Waals surface area (Å²) in [7, 11) is 1.58. The molecule has 0 bridgehead atoms. The smallest absolute Gasteiger partial charge is 0.309 e. The van der Waals surface area contributed by atoms with Crippen LogP contribution in [0.15, 0.2) is 5.38 Å². The lowest BCUT2D eigenvalue weighted by atomic mass is 9.97. The molecule has 1 aromatic heterocycles. The van der Waals surface area contributed by atoms with Crippen LogP contribution in [0.3, 0.4) is 0 Å². The third-order valence-corrected chi connectivity index (χ3v) is 5.71. The number of amides is 3. The predicted octanol–water partition coefficient (Wildman–Crippen LogP) is 1.54. The Kier molecular flexibility index (Phi) is 8.76. The summed E-state index contributed by atoms with van der Waals surface area (Å²) in [6.45, 7) is 6.65. The molecule has 10 heteroatoms. The predicted molar refractivity (Wildman–Crippen MR) is 113 cm³/mol. The van der Waals surface area contributed by atoms with Gasteiger partial charge in [0.2, 0.25) is 17.7 Å². The maximum atomic E-state index is 12.5. The number of likely N-dealkylation sites (N-methyl/N-ethyl adjacent to an activating group) is 1. The van der Waals surface area contributed by atoms with Crippen LogP contribution in [0.25, 0.3) is 0 Å². The molecule has 0 atom stereocenters. The number of thiazole rings is 1. The van der Waals surface area contributed by atoms with Crippen molar-refractivity contribution < 1.29 is 23.9 Å². The lowest BCUT2D eigenvalue weighted by Gasteiger charge is -2.32. The van der Waals surface area contributed by atoms with E-state index in [-0.39, 0.29) is 48.5 Å². The Morgan fingerprint density at radius 2 is 1.97 bits per heavy atom. The first-order chi connectivity index (χ1) is 14.2. The lowest BCUT2D eigenvalue weighted by Crippen LogP contribution is -2.46. The summed E-state index contributed by atoms with van der Waals surface area (Å²) in [5.41, 5.74) is 0.554. The number of anilines is 1. The van der Waals surface area contributed by atoms with Crippen molar-refractivity contribution in [3.63, 3.8) is 0 Å². The number of esters is 1. The second-order valence-electron chi connectivity index (χ2n) is 7.62. The molecule has 1 fully saturated rings. The van der Waals surface area contributed by atoms with Crippen molar-refractivity contribution in [3.05, 3.63) is 11.1 Å². The van der Waals surface area contributed by atoms with Crippen LogP contribution < -0.4 is 5.32 Å². The normalized spacial score (nSPS) is 14.5. The first kappa shape index (κ1) is 23.8. The molecular weight excluding hydrogens is 408 g/mol. The number of aromatic nitrogens is 1. The summed E-state index contributed by atoms with van der Waals surface area (Å²) < 4.78 is 5.04. The molecule has 9 nitrogen and oxygen atoms in total. The van der Waals surface area contributed by atoms with Crippen LogP contribution in [0, 0.1) is 11.8 Å². The van der Waals surface area contributed by atoms with Crippen molar-refractivity contribution >= 4 is 40.2 Å². The van der Waals surface area contributed by atoms with E-state index in [0.717, 1.165) is 0 Å². The van der Waals surface area contributed by atoms with Crippen LogP contribution in [0.4, 0.5) is 5.13 Å². The molecule has 0 radical (unpaired) electrons. The molecule has 0 spiro atoms. The first-order valence-electron chi connectivity index (χ1n) is 10.1. The largest absolute Gasteiger partial charge is 0.466 e. The fourth-order valence-corrected chi connectivity index (χ4v) is 3.71. The lowest BCUT2D eigenvalue weighted by molar-refractivity contribution is -0.151. The molecule has 30 heavy (non-hydrogen) atoms. The zero-order valence-electron chi connectivity index (χ0n) is 18.0. The first-order valence-corrected chi connectivity index (χ1v) is 11.0. The van der Waals surface area contributed by atoms with Crippen LogP contribution in [0.5, 0.6) is 0 Å². The number of rotatable bonds is 8. The fourth-order valence-electron chi connectivity index (χ4n) is 3.00. The number of nitrogens with one attached hydrogen (secondary N) is 1. The van der Waals surface area contributed by atoms with Gasteiger partial charge >= 0.3 is 5.97 Å². The molecule has 2 rings (SSSR count). The third kappa shape index (κ3) is 6.79. The summed E-state index contributed by atoms with van der Waals surface area (Å²) in [6, 6.07) is 0. The minimum absolute atomic E-state index is 0.0238. The average molecular weight is 439 g/mol. The molecule has 0 aliphatic carbocycles. The van der Waals surface area contributed by atoms with Gasteiger partial charge in [0.15, 0.2) is 5.13 Å². The molecule has 3 amide bonds. The van der Waals surface area contributed by atoms with Crippen molar-refractivity contribution in [2.75, 3.05) is 38.6 Å². The van der Waals surface area contributed by atoms with Crippen molar-refractivity contribution in [2.45, 2.75) is 40.0 Å². The Hall–Kier alpha value is -2.49. The minimum atomic E-state index is -0.225. The van der Waals surface area contributed by atoms with Gasteiger partial charge in [0.25, 0.3) is 0 Å². The summed E-state index contributed by atoms with van der Waals surface area (Å²) in [6.07, 6.45) is 1.21. The van der Waals surface area contributed by atoms with E-state index in [4.69, 9.17) is 4.74 Å². The fraction of sp³-hybridized carbons (Fsp3) is 0.650. The molecule has 1 aliphatic heterocycles. The average Bonchev–Trinajstić information content (AvgIpc) is 3.14. The van der Waals surface area contributed by atoms with E-state index in [2.05, 4.69) is 10.3 Å². The van der Waals surface area contributed by atoms with Crippen LogP contribution in [-0.2, 0) is 30.3 Å². The van der Waals surface area contributed by atoms with Crippen LogP contribution >= 0.6 is 11.3 Å². The minimum Gasteiger partial charge on any atom is -0.466 e. The summed E-state index contributed by atoms with van der Waals surface area (Å²) in [5.74, 6) is -1.02. The molecule has 0 saturated carbocycles. The monoisotopic (exact) mass is 438 g/mol. The number of likely N-dealkylation sites (tertiary alicyclic amines) is 1. The highest BCUT2D eigenvalue weighted by atomic mass is 32.1. The van der Waals surface area contributed by atoms with Crippen LogP contribution in [-0.4, -0.2) is 71.8 Å². The zero-order valence-corrected chi connectivity index (χ0v) is 18.8. The Morgan fingerprint density at radius 3 is 2.57 bits per heavy atom. The van der Waals surface area contributed by atoms with E-state index in [1.54, 1.807) is 38.1 Å². The highest BCUT2D eigenvalue weighted by Gasteiger charge is 2.29. The standard InChI is InChI=1S/C20H30N4O5S/c1-5-29-19(28)14-6-8-24(9-7-14)17(26)11-23(4)16(25)10-15-12-30-20(21-15)22-18(27)13(2)3/h12-14H,5-11H2,1-4H3,(H,21,22,27). The SMILES string of the molecule is CCOC(=O)C1CCN(C(=O)CN(C)C(=O)Cc2csc(NC(=O)C(C)C)n2)CC1. The van der Waals surface area contributed by atoms with Crippen molar-refractivity contribution in [3.8, 4) is 0 Å². The van der Waals surface area contributed by atoms with Gasteiger partial charge < -0.3 is 19.9 Å². The van der Waals surface area contributed by atoms with Gasteiger partial charge in [0, 0.05) is 31.4 Å². The molecule has 1 saturated heterocycles. The van der Waals surface area contributed by atoms with Crippen molar-refractivity contribution in [1.82, 2.24) is 14.8 Å². The number of hydrogen-bond donors (Lipinski definition) is 1. The molecule has 2 heterocycles. The Balaban J connectivity index is 1.79. The van der Waals surface area contributed by atoms with Gasteiger partial charge in [-0.15, -0.1) is 11.3 Å². The maximum Gasteiger partial charge on any atom is 0.309 e. The van der Waals surface area contributed by atoms with Gasteiger partial charge in [0.1, 0.15) is 0 Å². The molecule has 1 N–H and O–H groups in total. The second-order valence-corrected chi connectivity index (χ2v) is 8.48. The molecule has 0 aromatic carbocycles. The van der Waals surface area contributed by atoms with Crippen molar-refractivity contribution in [1.29, 1.82) is 0 Å². The number of piperidine rings is 1. The number of carbonyl (C=O) groups is 4. The second kappa shape index (κ2) is 11.1. The highest BCUT2D eigenvalue weighted by molar-refractivity contribution is 7.13. The molecular formula is C20H30N4O5S. The number of carbonyl (C=O) groups excluding carboxylic acids is 4. The van der Waals surface area contributed by atoms with Gasteiger partial charge in [-0.05, 0) is 19.8 Å². The van der Waals surface area contributed by atoms with Crippen LogP contribution in [0.2, 0.25) is 0 Å². The molecule has 1 aliphatic rings. The van der Waals surface area contributed by atoms with E-state index < -0.39 is 0 Å². The van der Waals surface area contributed by atoms with Gasteiger partial charge in [0.05, 0.1) is 31.2 Å². The summed E-state index contributed by atoms with van der Waals surface area (Å²) >= 11 is 1.26. The Morgan fingerprint density at radius 1 is 1.30 bits per heavy atom. The summed E-state index contributed by atoms with van der Waals surface area (Å²) in [5, 5.41) is 4.89. The topological polar surface area (TPSA) is 109 Å². The quantitative estimate of drug-likeness (QED) is 0.617. The Bertz CT molecular complexity index is 771. The molecule has 166 valence electrons. The number of ether oxygens (including phenoxy) is 1. The maximum absolute atomic E-state index is 12.5. The van der Waals surface area contributed by atoms with Crippen molar-refractivity contribution in [2.24, 2.45) is 11.8 Å².